The summed E-state index contributed by atoms with van der Waals surface area (Å²) in [5.41, 5.74) is -0.908. The summed E-state index contributed by atoms with van der Waals surface area (Å²) in [7, 11) is -4.05. The number of carbonyl (C=O) groups excluding carboxylic acids is 3. The van der Waals surface area contributed by atoms with Crippen LogP contribution in [-0.4, -0.2) is 51.8 Å². The van der Waals surface area contributed by atoms with Crippen molar-refractivity contribution in [2.24, 2.45) is 0 Å². The van der Waals surface area contributed by atoms with Gasteiger partial charge in [-0.25, -0.2) is 0 Å². The molecule has 0 aromatic rings. The molecule has 0 radical (unpaired) electrons. The van der Waals surface area contributed by atoms with Crippen molar-refractivity contribution in [2.75, 3.05) is 13.2 Å². The van der Waals surface area contributed by atoms with Crippen LogP contribution >= 0.6 is 0 Å². The minimum Gasteiger partial charge on any atom is -0.454 e. The zero-order valence-corrected chi connectivity index (χ0v) is 13.5. The average Bonchev–Trinajstić information content (AvgIpc) is 3.10. The lowest BCUT2D eigenvalue weighted by Gasteiger charge is -2.31. The molecular formula is C12H20O8Si. The lowest BCUT2D eigenvalue weighted by Crippen LogP contribution is -2.62. The van der Waals surface area contributed by atoms with Gasteiger partial charge < -0.3 is 22.8 Å². The monoisotopic (exact) mass is 320 g/mol. The first-order valence-electron chi connectivity index (χ1n) is 6.62. The number of rotatable bonds is 8. The van der Waals surface area contributed by atoms with E-state index in [0.29, 0.717) is 19.6 Å². The van der Waals surface area contributed by atoms with E-state index in [2.05, 4.69) is 0 Å². The van der Waals surface area contributed by atoms with Crippen molar-refractivity contribution in [3.63, 3.8) is 0 Å². The second kappa shape index (κ2) is 7.53. The van der Waals surface area contributed by atoms with Crippen LogP contribution in [0, 0.1) is 0 Å². The van der Waals surface area contributed by atoms with Gasteiger partial charge in [-0.1, -0.05) is 6.92 Å². The van der Waals surface area contributed by atoms with E-state index in [-0.39, 0.29) is 0 Å². The van der Waals surface area contributed by atoms with Crippen LogP contribution in [0.5, 0.6) is 0 Å². The smallest absolute Gasteiger partial charge is 0.454 e. The van der Waals surface area contributed by atoms with Crippen molar-refractivity contribution < 1.29 is 37.1 Å². The Morgan fingerprint density at radius 3 is 1.81 bits per heavy atom. The molecule has 0 saturated carbocycles. The van der Waals surface area contributed by atoms with Gasteiger partial charge in [-0.15, -0.1) is 0 Å². The molecule has 2 unspecified atom stereocenters. The maximum Gasteiger partial charge on any atom is 0.738 e. The summed E-state index contributed by atoms with van der Waals surface area (Å²) >= 11 is 0. The average molecular weight is 320 g/mol. The molecule has 0 bridgehead atoms. The molecule has 0 N–H and O–H groups in total. The van der Waals surface area contributed by atoms with E-state index in [1.807, 2.05) is 6.92 Å². The number of carbonyl (C=O) groups is 3. The maximum absolute atomic E-state index is 11.4. The summed E-state index contributed by atoms with van der Waals surface area (Å²) in [5.74, 6) is -2.18. The molecule has 21 heavy (non-hydrogen) atoms. The fourth-order valence-corrected chi connectivity index (χ4v) is 4.40. The molecule has 1 aliphatic rings. The van der Waals surface area contributed by atoms with Gasteiger partial charge in [-0.05, 0) is 6.42 Å². The highest BCUT2D eigenvalue weighted by molar-refractivity contribution is 6.67. The van der Waals surface area contributed by atoms with Gasteiger partial charge in [0.15, 0.2) is 5.73 Å². The summed E-state index contributed by atoms with van der Waals surface area (Å²) in [6.07, 6.45) is 0.259. The Morgan fingerprint density at radius 1 is 1.10 bits per heavy atom. The third-order valence-corrected chi connectivity index (χ3v) is 5.36. The fourth-order valence-electron chi connectivity index (χ4n) is 1.75. The van der Waals surface area contributed by atoms with Gasteiger partial charge in [0.05, 0.1) is 6.61 Å². The lowest BCUT2D eigenvalue weighted by molar-refractivity contribution is -0.151. The molecule has 0 aromatic heterocycles. The molecule has 1 rings (SSSR count). The molecule has 1 heterocycles. The Labute approximate surface area is 124 Å². The van der Waals surface area contributed by atoms with Gasteiger partial charge in [-0.3, -0.25) is 14.4 Å². The van der Waals surface area contributed by atoms with Crippen molar-refractivity contribution in [1.29, 1.82) is 0 Å². The molecule has 0 amide bonds. The molecule has 1 saturated heterocycles. The van der Waals surface area contributed by atoms with E-state index in [1.165, 1.54) is 0 Å². The molecule has 1 aliphatic heterocycles. The molecule has 0 aromatic carbocycles. The topological polar surface area (TPSA) is 101 Å². The fraction of sp³-hybridized carbons (Fsp3) is 0.750. The van der Waals surface area contributed by atoms with Crippen molar-refractivity contribution in [2.45, 2.75) is 45.9 Å². The van der Waals surface area contributed by atoms with E-state index in [4.69, 9.17) is 22.8 Å². The third-order valence-electron chi connectivity index (χ3n) is 2.40. The quantitative estimate of drug-likeness (QED) is 0.466. The number of epoxide rings is 1. The summed E-state index contributed by atoms with van der Waals surface area (Å²) in [6.45, 7) is 5.98. The Kier molecular flexibility index (Phi) is 6.31. The summed E-state index contributed by atoms with van der Waals surface area (Å²) < 4.78 is 26.1. The predicted octanol–water partition coefficient (Wildman–Crippen LogP) is 0.348. The van der Waals surface area contributed by atoms with E-state index in [9.17, 15) is 14.4 Å². The van der Waals surface area contributed by atoms with Crippen LogP contribution in [-0.2, 0) is 37.1 Å². The van der Waals surface area contributed by atoms with Gasteiger partial charge in [0, 0.05) is 27.4 Å². The minimum absolute atomic E-state index is 0.322. The highest BCUT2D eigenvalue weighted by Gasteiger charge is 2.66. The second-order valence-electron chi connectivity index (χ2n) is 4.55. The molecule has 9 heteroatoms. The standard InChI is InChI=1S/C12H20O8Si/c1-5-6-16-12(11-7-17-11)21(18-8(2)13,19-9(3)14)20-10(4)15/h11-12H,5-7H2,1-4H3. The Morgan fingerprint density at radius 2 is 1.52 bits per heavy atom. The largest absolute Gasteiger partial charge is 0.738 e. The highest BCUT2D eigenvalue weighted by Crippen LogP contribution is 2.29. The van der Waals surface area contributed by atoms with Crippen LogP contribution in [0.4, 0.5) is 0 Å². The van der Waals surface area contributed by atoms with Crippen molar-refractivity contribution >= 4 is 26.7 Å². The Bertz CT molecular complexity index is 365. The number of ether oxygens (including phenoxy) is 2. The van der Waals surface area contributed by atoms with E-state index >= 15 is 0 Å². The SMILES string of the molecule is CCCOC(C1CO1)[Si](OC(C)=O)(OC(C)=O)OC(C)=O. The van der Waals surface area contributed by atoms with Gasteiger partial charge >= 0.3 is 8.80 Å². The first-order valence-corrected chi connectivity index (χ1v) is 8.43. The Hall–Kier alpha value is -1.45. The molecule has 2 atom stereocenters. The second-order valence-corrected chi connectivity index (χ2v) is 6.94. The van der Waals surface area contributed by atoms with Crippen LogP contribution < -0.4 is 0 Å². The minimum atomic E-state index is -4.05. The van der Waals surface area contributed by atoms with Gasteiger partial charge in [0.1, 0.15) is 6.10 Å². The predicted molar refractivity (Wildman–Crippen MR) is 70.8 cm³/mol. The van der Waals surface area contributed by atoms with E-state index < -0.39 is 38.5 Å². The zero-order valence-electron chi connectivity index (χ0n) is 12.5. The van der Waals surface area contributed by atoms with Crippen LogP contribution in [0.25, 0.3) is 0 Å². The molecule has 8 nitrogen and oxygen atoms in total. The molecule has 0 aliphatic carbocycles. The van der Waals surface area contributed by atoms with Crippen LogP contribution in [0.2, 0.25) is 0 Å². The molecule has 1 fully saturated rings. The Balaban J connectivity index is 3.10. The van der Waals surface area contributed by atoms with Crippen LogP contribution in [0.3, 0.4) is 0 Å². The van der Waals surface area contributed by atoms with Crippen LogP contribution in [0.1, 0.15) is 34.1 Å². The van der Waals surface area contributed by atoms with Crippen LogP contribution in [0.15, 0.2) is 0 Å². The van der Waals surface area contributed by atoms with Gasteiger partial charge in [0.25, 0.3) is 17.9 Å². The maximum atomic E-state index is 11.4. The van der Waals surface area contributed by atoms with Gasteiger partial charge in [0.2, 0.25) is 0 Å². The first-order chi connectivity index (χ1) is 9.80. The molecule has 0 spiro atoms. The van der Waals surface area contributed by atoms with Crippen molar-refractivity contribution in [3.05, 3.63) is 0 Å². The summed E-state index contributed by atoms with van der Waals surface area (Å²) in [5, 5.41) is 0. The van der Waals surface area contributed by atoms with Gasteiger partial charge in [-0.2, -0.15) is 0 Å². The summed E-state index contributed by atoms with van der Waals surface area (Å²) in [4.78, 5) is 34.1. The molecular weight excluding hydrogens is 300 g/mol. The third kappa shape index (κ3) is 5.44. The van der Waals surface area contributed by atoms with Crippen molar-refractivity contribution in [3.8, 4) is 0 Å². The van der Waals surface area contributed by atoms with E-state index in [1.54, 1.807) is 0 Å². The lowest BCUT2D eigenvalue weighted by atomic mass is 10.5. The van der Waals surface area contributed by atoms with Crippen molar-refractivity contribution in [1.82, 2.24) is 0 Å². The number of hydrogen-bond acceptors (Lipinski definition) is 8. The normalized spacial score (nSPS) is 18.6. The first kappa shape index (κ1) is 17.6. The summed E-state index contributed by atoms with van der Waals surface area (Å²) in [6, 6.07) is 0. The van der Waals surface area contributed by atoms with E-state index in [0.717, 1.165) is 20.8 Å². The highest BCUT2D eigenvalue weighted by atomic mass is 28.4. The number of hydrogen-bond donors (Lipinski definition) is 0. The zero-order chi connectivity index (χ0) is 16.0. The molecule has 120 valence electrons.